The lowest BCUT2D eigenvalue weighted by Gasteiger charge is -2.17. The van der Waals surface area contributed by atoms with E-state index < -0.39 is 5.91 Å². The Bertz CT molecular complexity index is 416. The van der Waals surface area contributed by atoms with Crippen LogP contribution in [0.2, 0.25) is 0 Å². The summed E-state index contributed by atoms with van der Waals surface area (Å²) in [7, 11) is 0. The van der Waals surface area contributed by atoms with Gasteiger partial charge in [0.1, 0.15) is 0 Å². The van der Waals surface area contributed by atoms with Gasteiger partial charge >= 0.3 is 0 Å². The number of likely N-dealkylation sites (N-methyl/N-ethyl adjacent to an activating group) is 1. The van der Waals surface area contributed by atoms with Crippen molar-refractivity contribution in [3.63, 3.8) is 0 Å². The average Bonchev–Trinajstić information content (AvgIpc) is 2.27. The van der Waals surface area contributed by atoms with Crippen molar-refractivity contribution in [3.8, 4) is 0 Å². The minimum Gasteiger partial charge on any atom is -0.369 e. The van der Waals surface area contributed by atoms with Crippen LogP contribution in [0.3, 0.4) is 0 Å². The molecule has 0 aliphatic heterocycles. The molecule has 92 valence electrons. The lowest BCUT2D eigenvalue weighted by molar-refractivity contribution is -0.118. The van der Waals surface area contributed by atoms with Crippen LogP contribution in [0.25, 0.3) is 0 Å². The maximum Gasteiger partial charge on any atom is 0.231 e. The first kappa shape index (κ1) is 13.4. The SMILES string of the molecule is CCN(CC(N)=O)CC(=O)c1cccc(C)c1. The predicted octanol–water partition coefficient (Wildman–Crippen LogP) is 0.985. The van der Waals surface area contributed by atoms with Crippen LogP contribution < -0.4 is 5.73 Å². The molecular weight excluding hydrogens is 216 g/mol. The van der Waals surface area contributed by atoms with E-state index in [9.17, 15) is 9.59 Å². The van der Waals surface area contributed by atoms with Crippen molar-refractivity contribution in [2.24, 2.45) is 5.73 Å². The van der Waals surface area contributed by atoms with E-state index in [1.165, 1.54) is 0 Å². The van der Waals surface area contributed by atoms with Crippen LogP contribution in [-0.2, 0) is 4.79 Å². The molecule has 0 saturated heterocycles. The number of benzene rings is 1. The van der Waals surface area contributed by atoms with Gasteiger partial charge in [0, 0.05) is 5.56 Å². The van der Waals surface area contributed by atoms with Crippen LogP contribution in [0.5, 0.6) is 0 Å². The molecule has 0 fully saturated rings. The lowest BCUT2D eigenvalue weighted by atomic mass is 10.1. The lowest BCUT2D eigenvalue weighted by Crippen LogP contribution is -2.37. The first-order chi connectivity index (χ1) is 8.02. The third-order valence-electron chi connectivity index (χ3n) is 2.53. The van der Waals surface area contributed by atoms with Gasteiger partial charge in [-0.2, -0.15) is 0 Å². The predicted molar refractivity (Wildman–Crippen MR) is 66.8 cm³/mol. The van der Waals surface area contributed by atoms with Crippen molar-refractivity contribution in [1.82, 2.24) is 4.90 Å². The highest BCUT2D eigenvalue weighted by Crippen LogP contribution is 2.05. The van der Waals surface area contributed by atoms with Gasteiger partial charge < -0.3 is 5.73 Å². The van der Waals surface area contributed by atoms with Crippen LogP contribution >= 0.6 is 0 Å². The first-order valence-electron chi connectivity index (χ1n) is 5.63. The Morgan fingerprint density at radius 3 is 2.53 bits per heavy atom. The molecule has 1 amide bonds. The summed E-state index contributed by atoms with van der Waals surface area (Å²) in [5, 5.41) is 0. The van der Waals surface area contributed by atoms with Crippen molar-refractivity contribution in [3.05, 3.63) is 35.4 Å². The number of Topliss-reactive ketones (excluding diaryl/α,β-unsaturated/α-hetero) is 1. The summed E-state index contributed by atoms with van der Waals surface area (Å²) < 4.78 is 0. The van der Waals surface area contributed by atoms with E-state index in [1.54, 1.807) is 11.0 Å². The molecule has 1 aromatic carbocycles. The summed E-state index contributed by atoms with van der Waals surface area (Å²) >= 11 is 0. The monoisotopic (exact) mass is 234 g/mol. The van der Waals surface area contributed by atoms with Crippen molar-refractivity contribution >= 4 is 11.7 Å². The number of primary amides is 1. The number of nitrogens with zero attached hydrogens (tertiary/aromatic N) is 1. The zero-order valence-electron chi connectivity index (χ0n) is 10.3. The molecule has 17 heavy (non-hydrogen) atoms. The quantitative estimate of drug-likeness (QED) is 0.746. The topological polar surface area (TPSA) is 63.4 Å². The van der Waals surface area contributed by atoms with Gasteiger partial charge in [-0.1, -0.05) is 30.7 Å². The number of hydrogen-bond acceptors (Lipinski definition) is 3. The second-order valence-corrected chi connectivity index (χ2v) is 4.06. The van der Waals surface area contributed by atoms with Gasteiger partial charge in [0.2, 0.25) is 5.91 Å². The molecule has 4 heteroatoms. The van der Waals surface area contributed by atoms with Crippen LogP contribution in [0.15, 0.2) is 24.3 Å². The van der Waals surface area contributed by atoms with Gasteiger partial charge in [-0.05, 0) is 19.5 Å². The molecule has 0 atom stereocenters. The molecule has 0 unspecified atom stereocenters. The highest BCUT2D eigenvalue weighted by Gasteiger charge is 2.12. The first-order valence-corrected chi connectivity index (χ1v) is 5.63. The molecule has 0 spiro atoms. The number of nitrogens with two attached hydrogens (primary N) is 1. The summed E-state index contributed by atoms with van der Waals surface area (Å²) in [6.07, 6.45) is 0. The fourth-order valence-corrected chi connectivity index (χ4v) is 1.61. The summed E-state index contributed by atoms with van der Waals surface area (Å²) in [5.74, 6) is -0.402. The number of carbonyl (C=O) groups excluding carboxylic acids is 2. The fourth-order valence-electron chi connectivity index (χ4n) is 1.61. The number of aryl methyl sites for hydroxylation is 1. The highest BCUT2D eigenvalue weighted by molar-refractivity contribution is 5.98. The fraction of sp³-hybridized carbons (Fsp3) is 0.385. The standard InChI is InChI=1S/C13H18N2O2/c1-3-15(9-13(14)17)8-12(16)11-6-4-5-10(2)7-11/h4-7H,3,8-9H2,1-2H3,(H2,14,17). The van der Waals surface area contributed by atoms with Crippen LogP contribution in [-0.4, -0.2) is 36.2 Å². The number of amides is 1. The normalized spacial score (nSPS) is 10.5. The van der Waals surface area contributed by atoms with Gasteiger partial charge in [0.05, 0.1) is 13.1 Å². The number of rotatable bonds is 6. The molecule has 0 aliphatic rings. The zero-order chi connectivity index (χ0) is 12.8. The summed E-state index contributed by atoms with van der Waals surface area (Å²) in [6, 6.07) is 7.43. The van der Waals surface area contributed by atoms with E-state index in [0.29, 0.717) is 12.1 Å². The Balaban J connectivity index is 2.67. The van der Waals surface area contributed by atoms with Crippen molar-refractivity contribution in [2.45, 2.75) is 13.8 Å². The second kappa shape index (κ2) is 6.15. The molecule has 0 radical (unpaired) electrons. The molecule has 4 nitrogen and oxygen atoms in total. The molecule has 0 aromatic heterocycles. The van der Waals surface area contributed by atoms with Crippen molar-refractivity contribution in [1.29, 1.82) is 0 Å². The van der Waals surface area contributed by atoms with E-state index in [0.717, 1.165) is 5.56 Å². The Labute approximate surface area is 101 Å². The van der Waals surface area contributed by atoms with Crippen LogP contribution in [0, 0.1) is 6.92 Å². The van der Waals surface area contributed by atoms with E-state index in [2.05, 4.69) is 0 Å². The largest absolute Gasteiger partial charge is 0.369 e. The Morgan fingerprint density at radius 1 is 1.29 bits per heavy atom. The molecule has 0 heterocycles. The third kappa shape index (κ3) is 4.36. The molecule has 1 aromatic rings. The molecular formula is C13H18N2O2. The smallest absolute Gasteiger partial charge is 0.231 e. The van der Waals surface area contributed by atoms with Gasteiger partial charge in [-0.3, -0.25) is 14.5 Å². The molecule has 0 saturated carbocycles. The minimum atomic E-state index is -0.413. The van der Waals surface area contributed by atoms with E-state index in [1.807, 2.05) is 32.0 Å². The third-order valence-corrected chi connectivity index (χ3v) is 2.53. The van der Waals surface area contributed by atoms with E-state index >= 15 is 0 Å². The summed E-state index contributed by atoms with van der Waals surface area (Å²) in [4.78, 5) is 24.5. The number of ketones is 1. The maximum absolute atomic E-state index is 12.0. The molecule has 1 rings (SSSR count). The number of carbonyl (C=O) groups is 2. The molecule has 0 aliphatic carbocycles. The second-order valence-electron chi connectivity index (χ2n) is 4.06. The number of hydrogen-bond donors (Lipinski definition) is 1. The summed E-state index contributed by atoms with van der Waals surface area (Å²) in [5.41, 5.74) is 6.84. The van der Waals surface area contributed by atoms with Gasteiger partial charge in [0.25, 0.3) is 0 Å². The molecule has 2 N–H and O–H groups in total. The van der Waals surface area contributed by atoms with Crippen molar-refractivity contribution < 1.29 is 9.59 Å². The minimum absolute atomic E-state index is 0.0109. The Hall–Kier alpha value is -1.68. The average molecular weight is 234 g/mol. The Kier molecular flexibility index (Phi) is 4.84. The van der Waals surface area contributed by atoms with Crippen molar-refractivity contribution in [2.75, 3.05) is 19.6 Å². The highest BCUT2D eigenvalue weighted by atomic mass is 16.1. The van der Waals surface area contributed by atoms with Crippen LogP contribution in [0.4, 0.5) is 0 Å². The van der Waals surface area contributed by atoms with Gasteiger partial charge in [-0.25, -0.2) is 0 Å². The zero-order valence-corrected chi connectivity index (χ0v) is 10.3. The van der Waals surface area contributed by atoms with E-state index in [-0.39, 0.29) is 18.9 Å². The van der Waals surface area contributed by atoms with Gasteiger partial charge in [-0.15, -0.1) is 0 Å². The molecule has 0 bridgehead atoms. The Morgan fingerprint density at radius 2 is 2.00 bits per heavy atom. The summed E-state index contributed by atoms with van der Waals surface area (Å²) in [6.45, 7) is 4.81. The van der Waals surface area contributed by atoms with Gasteiger partial charge in [0.15, 0.2) is 5.78 Å². The maximum atomic E-state index is 12.0. The van der Waals surface area contributed by atoms with E-state index in [4.69, 9.17) is 5.73 Å². The van der Waals surface area contributed by atoms with Crippen LogP contribution in [0.1, 0.15) is 22.8 Å².